The Bertz CT molecular complexity index is 254. The van der Waals surface area contributed by atoms with Gasteiger partial charge in [-0.15, -0.1) is 0 Å². The summed E-state index contributed by atoms with van der Waals surface area (Å²) in [5.41, 5.74) is 2.15. The first-order valence-electron chi connectivity index (χ1n) is 4.53. The lowest BCUT2D eigenvalue weighted by molar-refractivity contribution is -0.117. The standard InChI is InChI=1S/C10H15NO2/c1-8-2-4-9(5-3-8)10(13)11-6-7-12/h2,4,12H,3,5-7H2,1H3,(H,11,13)/p+1. The molecule has 0 heterocycles. The fourth-order valence-corrected chi connectivity index (χ4v) is 1.22. The molecule has 0 fully saturated rings. The summed E-state index contributed by atoms with van der Waals surface area (Å²) in [6.45, 7) is 2.75. The summed E-state index contributed by atoms with van der Waals surface area (Å²) < 4.78 is 0. The SMILES string of the molecule is CC1=CC=C(C(=O)NCC[OH2+])CC1. The Kier molecular flexibility index (Phi) is 3.71. The Balaban J connectivity index is 2.48. The number of carbonyl (C=O) groups is 1. The van der Waals surface area contributed by atoms with E-state index in [-0.39, 0.29) is 12.5 Å². The van der Waals surface area contributed by atoms with E-state index in [1.54, 1.807) is 0 Å². The molecule has 1 aliphatic carbocycles. The van der Waals surface area contributed by atoms with Crippen molar-refractivity contribution >= 4 is 5.91 Å². The van der Waals surface area contributed by atoms with Crippen LogP contribution >= 0.6 is 0 Å². The molecule has 0 unspecified atom stereocenters. The monoisotopic (exact) mass is 182 g/mol. The van der Waals surface area contributed by atoms with Gasteiger partial charge in [0.1, 0.15) is 0 Å². The zero-order chi connectivity index (χ0) is 9.68. The maximum Gasteiger partial charge on any atom is 0.247 e. The third-order valence-electron chi connectivity index (χ3n) is 2.06. The first kappa shape index (κ1) is 9.99. The average Bonchev–Trinajstić information content (AvgIpc) is 2.15. The van der Waals surface area contributed by atoms with Crippen molar-refractivity contribution in [2.75, 3.05) is 13.2 Å². The highest BCUT2D eigenvalue weighted by Gasteiger charge is 2.10. The minimum atomic E-state index is -0.0176. The van der Waals surface area contributed by atoms with Gasteiger partial charge in [-0.1, -0.05) is 17.7 Å². The van der Waals surface area contributed by atoms with Crippen LogP contribution in [-0.4, -0.2) is 24.2 Å². The van der Waals surface area contributed by atoms with Crippen molar-refractivity contribution in [2.45, 2.75) is 19.8 Å². The first-order chi connectivity index (χ1) is 6.24. The second-order valence-electron chi connectivity index (χ2n) is 3.21. The molecule has 3 heteroatoms. The van der Waals surface area contributed by atoms with Crippen LogP contribution in [0.25, 0.3) is 0 Å². The number of rotatable bonds is 3. The van der Waals surface area contributed by atoms with Crippen LogP contribution in [0, 0.1) is 0 Å². The Morgan fingerprint density at radius 1 is 1.54 bits per heavy atom. The van der Waals surface area contributed by atoms with Gasteiger partial charge in [-0.2, -0.15) is 0 Å². The molecule has 3 N–H and O–H groups in total. The minimum Gasteiger partial charge on any atom is -0.444 e. The molecule has 0 aromatic heterocycles. The summed E-state index contributed by atoms with van der Waals surface area (Å²) in [6, 6.07) is 0. The zero-order valence-corrected chi connectivity index (χ0v) is 7.89. The number of amides is 1. The molecule has 0 saturated carbocycles. The van der Waals surface area contributed by atoms with Gasteiger partial charge in [0.05, 0.1) is 6.54 Å². The molecule has 1 rings (SSSR count). The number of carbonyl (C=O) groups excluding carboxylic acids is 1. The van der Waals surface area contributed by atoms with Crippen LogP contribution in [0.4, 0.5) is 0 Å². The lowest BCUT2D eigenvalue weighted by Gasteiger charge is -2.10. The van der Waals surface area contributed by atoms with Crippen molar-refractivity contribution in [1.29, 1.82) is 0 Å². The summed E-state index contributed by atoms with van der Waals surface area (Å²) in [4.78, 5) is 11.4. The molecule has 0 bridgehead atoms. The average molecular weight is 182 g/mol. The van der Waals surface area contributed by atoms with Crippen molar-refractivity contribution in [1.82, 2.24) is 5.32 Å². The maximum atomic E-state index is 11.4. The van der Waals surface area contributed by atoms with Crippen LogP contribution in [0.3, 0.4) is 0 Å². The van der Waals surface area contributed by atoms with E-state index in [0.29, 0.717) is 6.54 Å². The summed E-state index contributed by atoms with van der Waals surface area (Å²) in [5, 5.41) is 9.59. The van der Waals surface area contributed by atoms with Gasteiger partial charge in [0.25, 0.3) is 0 Å². The van der Waals surface area contributed by atoms with E-state index in [2.05, 4.69) is 12.2 Å². The molecule has 1 amide bonds. The van der Waals surface area contributed by atoms with Crippen LogP contribution in [0.2, 0.25) is 0 Å². The van der Waals surface area contributed by atoms with E-state index in [1.807, 2.05) is 12.2 Å². The third-order valence-corrected chi connectivity index (χ3v) is 2.06. The molecule has 0 aromatic carbocycles. The van der Waals surface area contributed by atoms with E-state index in [9.17, 15) is 4.79 Å². The second kappa shape index (κ2) is 4.82. The molecule has 1 aliphatic rings. The summed E-state index contributed by atoms with van der Waals surface area (Å²) in [5.74, 6) is -0.0176. The van der Waals surface area contributed by atoms with E-state index >= 15 is 0 Å². The van der Waals surface area contributed by atoms with Gasteiger partial charge in [0.15, 0.2) is 6.61 Å². The van der Waals surface area contributed by atoms with Crippen LogP contribution in [0.5, 0.6) is 0 Å². The number of allylic oxidation sites excluding steroid dienone is 3. The quantitative estimate of drug-likeness (QED) is 0.635. The van der Waals surface area contributed by atoms with Gasteiger partial charge in [0.2, 0.25) is 5.91 Å². The van der Waals surface area contributed by atoms with Crippen molar-refractivity contribution in [3.05, 3.63) is 23.3 Å². The third kappa shape index (κ3) is 3.03. The highest BCUT2D eigenvalue weighted by molar-refractivity contribution is 5.93. The molecule has 0 saturated heterocycles. The molecule has 0 radical (unpaired) electrons. The number of hydrogen-bond acceptors (Lipinski definition) is 1. The fourth-order valence-electron chi connectivity index (χ4n) is 1.22. The van der Waals surface area contributed by atoms with Crippen LogP contribution in [0.15, 0.2) is 23.3 Å². The van der Waals surface area contributed by atoms with Crippen LogP contribution in [0.1, 0.15) is 19.8 Å². The lowest BCUT2D eigenvalue weighted by atomic mass is 9.99. The van der Waals surface area contributed by atoms with Crippen molar-refractivity contribution in [3.63, 3.8) is 0 Å². The van der Waals surface area contributed by atoms with Gasteiger partial charge in [0, 0.05) is 5.57 Å². The van der Waals surface area contributed by atoms with Crippen LogP contribution in [-0.2, 0) is 4.79 Å². The molecule has 13 heavy (non-hydrogen) atoms. The summed E-state index contributed by atoms with van der Waals surface area (Å²) in [6.07, 6.45) is 5.66. The predicted octanol–water partition coefficient (Wildman–Crippen LogP) is 0.494. The van der Waals surface area contributed by atoms with Gasteiger partial charge in [-0.05, 0) is 19.8 Å². The van der Waals surface area contributed by atoms with Gasteiger partial charge >= 0.3 is 0 Å². The largest absolute Gasteiger partial charge is 0.444 e. The Labute approximate surface area is 78.1 Å². The van der Waals surface area contributed by atoms with E-state index in [4.69, 9.17) is 5.11 Å². The van der Waals surface area contributed by atoms with E-state index < -0.39 is 0 Å². The highest BCUT2D eigenvalue weighted by atomic mass is 16.3. The maximum absolute atomic E-state index is 11.4. The van der Waals surface area contributed by atoms with Crippen LogP contribution < -0.4 is 5.32 Å². The van der Waals surface area contributed by atoms with E-state index in [1.165, 1.54) is 5.57 Å². The summed E-state index contributed by atoms with van der Waals surface area (Å²) >= 11 is 0. The molecule has 0 spiro atoms. The van der Waals surface area contributed by atoms with Crippen molar-refractivity contribution in [2.24, 2.45) is 0 Å². The zero-order valence-electron chi connectivity index (χ0n) is 7.89. The Hall–Kier alpha value is -1.09. The molecule has 0 aromatic rings. The number of hydrogen-bond donors (Lipinski definition) is 1. The molecule has 0 atom stereocenters. The molecule has 0 aliphatic heterocycles. The van der Waals surface area contributed by atoms with Gasteiger partial charge < -0.3 is 10.4 Å². The second-order valence-corrected chi connectivity index (χ2v) is 3.21. The van der Waals surface area contributed by atoms with Crippen molar-refractivity contribution < 1.29 is 9.90 Å². The lowest BCUT2D eigenvalue weighted by Crippen LogP contribution is -2.28. The molecular formula is C10H16NO2+. The summed E-state index contributed by atoms with van der Waals surface area (Å²) in [7, 11) is 0. The molecular weight excluding hydrogens is 166 g/mol. The molecule has 72 valence electrons. The minimum absolute atomic E-state index is 0.0176. The van der Waals surface area contributed by atoms with E-state index in [0.717, 1.165) is 18.4 Å². The van der Waals surface area contributed by atoms with Gasteiger partial charge in [-0.25, -0.2) is 0 Å². The van der Waals surface area contributed by atoms with Gasteiger partial charge in [-0.3, -0.25) is 4.79 Å². The number of nitrogens with one attached hydrogen (secondary N) is 1. The smallest absolute Gasteiger partial charge is 0.247 e. The van der Waals surface area contributed by atoms with Crippen molar-refractivity contribution in [3.8, 4) is 0 Å². The predicted molar refractivity (Wildman–Crippen MR) is 52.6 cm³/mol. The first-order valence-corrected chi connectivity index (χ1v) is 4.53. The Morgan fingerprint density at radius 3 is 2.85 bits per heavy atom. The molecule has 3 nitrogen and oxygen atoms in total. The highest BCUT2D eigenvalue weighted by Crippen LogP contribution is 2.17. The normalized spacial score (nSPS) is 16.2. The fraction of sp³-hybridized carbons (Fsp3) is 0.500. The Morgan fingerprint density at radius 2 is 2.31 bits per heavy atom. The topological polar surface area (TPSA) is 52.0 Å².